The number of anilines is 1. The fourth-order valence-electron chi connectivity index (χ4n) is 4.95. The molecule has 1 N–H and O–H groups in total. The summed E-state index contributed by atoms with van der Waals surface area (Å²) >= 11 is 0. The Morgan fingerprint density at radius 1 is 1.11 bits per heavy atom. The number of pyridine rings is 1. The van der Waals surface area contributed by atoms with Gasteiger partial charge in [-0.1, -0.05) is 12.5 Å². The molecule has 4 rings (SSSR count). The predicted octanol–water partition coefficient (Wildman–Crippen LogP) is 1.71. The fraction of sp³-hybridized carbons (Fsp3) is 0.714. The van der Waals surface area contributed by atoms with E-state index >= 15 is 0 Å². The van der Waals surface area contributed by atoms with E-state index in [-0.39, 0.29) is 11.8 Å². The number of hydrogen-bond donors (Lipinski definition) is 1. The summed E-state index contributed by atoms with van der Waals surface area (Å²) in [5, 5.41) is 3.25. The first-order valence-electron chi connectivity index (χ1n) is 10.6. The van der Waals surface area contributed by atoms with Gasteiger partial charge in [-0.05, 0) is 51.9 Å². The first-order valence-corrected chi connectivity index (χ1v) is 10.6. The van der Waals surface area contributed by atoms with Crippen LogP contribution in [0, 0.1) is 5.92 Å². The van der Waals surface area contributed by atoms with Crippen molar-refractivity contribution in [1.82, 2.24) is 20.1 Å². The number of rotatable bonds is 4. The molecule has 1 amide bonds. The number of likely N-dealkylation sites (N-methyl/N-ethyl adjacent to an activating group) is 1. The van der Waals surface area contributed by atoms with Crippen molar-refractivity contribution in [3.8, 4) is 0 Å². The summed E-state index contributed by atoms with van der Waals surface area (Å²) in [7, 11) is 2.16. The molecule has 148 valence electrons. The van der Waals surface area contributed by atoms with Crippen LogP contribution >= 0.6 is 0 Å². The van der Waals surface area contributed by atoms with Crippen LogP contribution in [0.15, 0.2) is 18.3 Å². The second kappa shape index (κ2) is 8.57. The summed E-state index contributed by atoms with van der Waals surface area (Å²) in [6, 6.07) is 4.54. The lowest BCUT2D eigenvalue weighted by atomic mass is 9.83. The summed E-state index contributed by atoms with van der Waals surface area (Å²) in [6.07, 6.45) is 7.77. The third-order valence-corrected chi connectivity index (χ3v) is 6.55. The van der Waals surface area contributed by atoms with Crippen molar-refractivity contribution in [3.63, 3.8) is 0 Å². The van der Waals surface area contributed by atoms with Gasteiger partial charge >= 0.3 is 0 Å². The van der Waals surface area contributed by atoms with Gasteiger partial charge in [0, 0.05) is 50.5 Å². The van der Waals surface area contributed by atoms with Gasteiger partial charge in [0.2, 0.25) is 5.91 Å². The van der Waals surface area contributed by atoms with Crippen molar-refractivity contribution in [3.05, 3.63) is 23.9 Å². The number of nitrogens with zero attached hydrogens (tertiary/aromatic N) is 4. The molecule has 3 fully saturated rings. The third kappa shape index (κ3) is 4.27. The molecule has 1 aromatic heterocycles. The average Bonchev–Trinajstić information content (AvgIpc) is 2.72. The van der Waals surface area contributed by atoms with E-state index in [9.17, 15) is 4.79 Å². The molecule has 0 bridgehead atoms. The molecule has 3 aliphatic rings. The predicted molar refractivity (Wildman–Crippen MR) is 108 cm³/mol. The first kappa shape index (κ1) is 18.7. The normalized spacial score (nSPS) is 27.2. The molecule has 3 saturated heterocycles. The van der Waals surface area contributed by atoms with Gasteiger partial charge in [0.1, 0.15) is 5.82 Å². The maximum Gasteiger partial charge on any atom is 0.224 e. The molecular formula is C21H33N5O. The maximum atomic E-state index is 13.0. The Kier molecular flexibility index (Phi) is 5.93. The van der Waals surface area contributed by atoms with Gasteiger partial charge in [-0.25, -0.2) is 4.98 Å². The van der Waals surface area contributed by atoms with E-state index in [1.165, 1.54) is 32.4 Å². The highest BCUT2D eigenvalue weighted by molar-refractivity contribution is 5.79. The Labute approximate surface area is 162 Å². The van der Waals surface area contributed by atoms with Crippen LogP contribution in [-0.2, 0) is 11.3 Å². The molecule has 0 aliphatic carbocycles. The lowest BCUT2D eigenvalue weighted by molar-refractivity contribution is -0.129. The Balaban J connectivity index is 1.39. The van der Waals surface area contributed by atoms with Gasteiger partial charge in [0.05, 0.1) is 5.92 Å². The van der Waals surface area contributed by atoms with Crippen molar-refractivity contribution in [1.29, 1.82) is 0 Å². The minimum Gasteiger partial charge on any atom is -0.354 e. The number of carbonyl (C=O) groups is 1. The van der Waals surface area contributed by atoms with Crippen LogP contribution in [0.25, 0.3) is 0 Å². The van der Waals surface area contributed by atoms with E-state index in [4.69, 9.17) is 0 Å². The van der Waals surface area contributed by atoms with E-state index in [1.54, 1.807) is 0 Å². The monoisotopic (exact) mass is 371 g/mol. The number of hydrogen-bond acceptors (Lipinski definition) is 5. The molecule has 27 heavy (non-hydrogen) atoms. The Morgan fingerprint density at radius 3 is 2.78 bits per heavy atom. The van der Waals surface area contributed by atoms with Gasteiger partial charge in [0.25, 0.3) is 0 Å². The number of amides is 1. The number of aromatic nitrogens is 1. The molecule has 0 saturated carbocycles. The highest BCUT2D eigenvalue weighted by atomic mass is 16.1. The molecule has 1 aromatic rings. The largest absolute Gasteiger partial charge is 0.354 e. The zero-order valence-corrected chi connectivity index (χ0v) is 16.6. The molecule has 6 nitrogen and oxygen atoms in total. The second-order valence-electron chi connectivity index (χ2n) is 8.34. The molecular weight excluding hydrogens is 338 g/mol. The molecule has 6 heteroatoms. The highest BCUT2D eigenvalue weighted by Gasteiger charge is 2.36. The van der Waals surface area contributed by atoms with Crippen LogP contribution < -0.4 is 10.2 Å². The van der Waals surface area contributed by atoms with Crippen molar-refractivity contribution in [2.45, 2.75) is 44.7 Å². The van der Waals surface area contributed by atoms with Crippen molar-refractivity contribution < 1.29 is 4.79 Å². The van der Waals surface area contributed by atoms with Crippen LogP contribution in [0.4, 0.5) is 5.82 Å². The highest BCUT2D eigenvalue weighted by Crippen LogP contribution is 2.31. The van der Waals surface area contributed by atoms with Crippen LogP contribution in [0.5, 0.6) is 0 Å². The summed E-state index contributed by atoms with van der Waals surface area (Å²) < 4.78 is 0. The summed E-state index contributed by atoms with van der Waals surface area (Å²) in [4.78, 5) is 24.9. The molecule has 0 unspecified atom stereocenters. The van der Waals surface area contributed by atoms with Crippen LogP contribution in [0.2, 0.25) is 0 Å². The average molecular weight is 372 g/mol. The fourth-order valence-corrected chi connectivity index (χ4v) is 4.95. The number of fused-ring (bicyclic) bond motifs is 1. The molecule has 2 atom stereocenters. The third-order valence-electron chi connectivity index (χ3n) is 6.55. The molecule has 0 spiro atoms. The lowest BCUT2D eigenvalue weighted by Gasteiger charge is -2.43. The second-order valence-corrected chi connectivity index (χ2v) is 8.34. The Morgan fingerprint density at radius 2 is 1.93 bits per heavy atom. The molecule has 0 aromatic carbocycles. The Bertz CT molecular complexity index is 641. The minimum absolute atomic E-state index is 0.155. The van der Waals surface area contributed by atoms with Crippen molar-refractivity contribution in [2.75, 3.05) is 51.2 Å². The Hall–Kier alpha value is -1.66. The zero-order chi connectivity index (χ0) is 18.6. The van der Waals surface area contributed by atoms with Gasteiger partial charge in [-0.3, -0.25) is 9.69 Å². The quantitative estimate of drug-likeness (QED) is 0.873. The van der Waals surface area contributed by atoms with Gasteiger partial charge in [-0.15, -0.1) is 0 Å². The topological polar surface area (TPSA) is 51.7 Å². The van der Waals surface area contributed by atoms with Crippen molar-refractivity contribution in [2.24, 2.45) is 5.92 Å². The van der Waals surface area contributed by atoms with Gasteiger partial charge in [0.15, 0.2) is 0 Å². The van der Waals surface area contributed by atoms with Gasteiger partial charge in [-0.2, -0.15) is 0 Å². The van der Waals surface area contributed by atoms with Crippen LogP contribution in [0.1, 0.15) is 37.7 Å². The van der Waals surface area contributed by atoms with Crippen molar-refractivity contribution >= 4 is 11.7 Å². The van der Waals surface area contributed by atoms with E-state index in [1.807, 2.05) is 12.3 Å². The van der Waals surface area contributed by atoms with E-state index in [2.05, 4.69) is 38.1 Å². The minimum atomic E-state index is 0.155. The molecule has 3 aliphatic heterocycles. The summed E-state index contributed by atoms with van der Waals surface area (Å²) in [6.45, 7) is 7.03. The van der Waals surface area contributed by atoms with Crippen LogP contribution in [-0.4, -0.2) is 73.0 Å². The maximum absolute atomic E-state index is 13.0. The first-order chi connectivity index (χ1) is 13.2. The lowest BCUT2D eigenvalue weighted by Crippen LogP contribution is -2.52. The number of nitrogens with one attached hydrogen (secondary N) is 1. The van der Waals surface area contributed by atoms with E-state index in [0.717, 1.165) is 50.4 Å². The number of carbonyl (C=O) groups excluding carboxylic acids is 1. The number of piperidine rings is 2. The summed E-state index contributed by atoms with van der Waals surface area (Å²) in [5.74, 6) is 1.43. The summed E-state index contributed by atoms with van der Waals surface area (Å²) in [5.41, 5.74) is 1.13. The van der Waals surface area contributed by atoms with E-state index < -0.39 is 0 Å². The smallest absolute Gasteiger partial charge is 0.224 e. The van der Waals surface area contributed by atoms with E-state index in [0.29, 0.717) is 12.6 Å². The standard InChI is InChI=1S/C21H33N5O/c1-24-12-14-26(15-13-24)20-17(6-4-9-22-20)16-23-21(27)18-7-5-11-25-10-3-2-8-19(18)25/h4,6,9,18-19H,2-3,5,7-8,10-16H2,1H3,(H,23,27)/t18-,19-/m1/s1. The number of piperazine rings is 1. The SMILES string of the molecule is CN1CCN(c2ncccc2CNC(=O)[C@@H]2CCCN3CCCC[C@H]23)CC1. The molecule has 4 heterocycles. The zero-order valence-electron chi connectivity index (χ0n) is 16.6. The molecule has 0 radical (unpaired) electrons. The van der Waals surface area contributed by atoms with Gasteiger partial charge < -0.3 is 15.1 Å². The van der Waals surface area contributed by atoms with Crippen LogP contribution in [0.3, 0.4) is 0 Å².